The number of thiazole rings is 1. The maximum absolute atomic E-state index is 13.2. The standard InChI is InChI=1S/C34H28N4O3S2/c1-23-12-14-25(15-13-23)30-21-43-34(37-30)38-31(39)22-42-28-18-16-27(17-19-28)35-33(41)29(20-24-8-4-2-5-9-24)36-32(40)26-10-6-3-7-11-26/h2-21H,22H2,1H3,(H,35,41)(H,36,40)(H,37,38,39)/b29-20-. The topological polar surface area (TPSA) is 100 Å². The summed E-state index contributed by atoms with van der Waals surface area (Å²) in [6, 6.07) is 33.3. The fourth-order valence-electron chi connectivity index (χ4n) is 3.98. The molecule has 9 heteroatoms. The summed E-state index contributed by atoms with van der Waals surface area (Å²) in [5, 5.41) is 10.9. The zero-order valence-corrected chi connectivity index (χ0v) is 24.9. The van der Waals surface area contributed by atoms with E-state index in [0.717, 1.165) is 21.7 Å². The van der Waals surface area contributed by atoms with Gasteiger partial charge in [-0.25, -0.2) is 4.98 Å². The van der Waals surface area contributed by atoms with Crippen LogP contribution in [0.25, 0.3) is 17.3 Å². The van der Waals surface area contributed by atoms with Gasteiger partial charge in [0.15, 0.2) is 5.13 Å². The second-order valence-electron chi connectivity index (χ2n) is 9.51. The van der Waals surface area contributed by atoms with Crippen LogP contribution in [-0.2, 0) is 9.59 Å². The lowest BCUT2D eigenvalue weighted by atomic mass is 10.1. The Morgan fingerprint density at radius 2 is 1.49 bits per heavy atom. The maximum atomic E-state index is 13.2. The first-order valence-electron chi connectivity index (χ1n) is 13.4. The largest absolute Gasteiger partial charge is 0.321 e. The third-order valence-corrected chi connectivity index (χ3v) is 7.99. The molecule has 0 unspecified atom stereocenters. The smallest absolute Gasteiger partial charge is 0.272 e. The summed E-state index contributed by atoms with van der Waals surface area (Å²) < 4.78 is 0. The number of rotatable bonds is 10. The molecule has 1 heterocycles. The van der Waals surface area contributed by atoms with E-state index < -0.39 is 5.91 Å². The minimum absolute atomic E-state index is 0.114. The lowest BCUT2D eigenvalue weighted by Crippen LogP contribution is -2.30. The molecule has 3 amide bonds. The lowest BCUT2D eigenvalue weighted by molar-refractivity contribution is -0.114. The summed E-state index contributed by atoms with van der Waals surface area (Å²) in [4.78, 5) is 43.9. The van der Waals surface area contributed by atoms with Crippen molar-refractivity contribution < 1.29 is 14.4 Å². The average Bonchev–Trinajstić information content (AvgIpc) is 3.50. The van der Waals surface area contributed by atoms with Gasteiger partial charge in [0.2, 0.25) is 5.91 Å². The van der Waals surface area contributed by atoms with Crippen LogP contribution in [0, 0.1) is 6.92 Å². The number of amides is 3. The van der Waals surface area contributed by atoms with Crippen molar-refractivity contribution in [2.24, 2.45) is 0 Å². The minimum atomic E-state index is -0.457. The molecule has 43 heavy (non-hydrogen) atoms. The summed E-state index contributed by atoms with van der Waals surface area (Å²) in [6.07, 6.45) is 1.63. The van der Waals surface area contributed by atoms with E-state index in [1.54, 1.807) is 42.5 Å². The summed E-state index contributed by atoms with van der Waals surface area (Å²) >= 11 is 2.77. The number of carbonyl (C=O) groups excluding carboxylic acids is 3. The Kier molecular flexibility index (Phi) is 9.78. The molecule has 0 aliphatic carbocycles. The highest BCUT2D eigenvalue weighted by molar-refractivity contribution is 8.00. The zero-order valence-electron chi connectivity index (χ0n) is 23.2. The summed E-state index contributed by atoms with van der Waals surface area (Å²) in [7, 11) is 0. The quantitative estimate of drug-likeness (QED) is 0.115. The Balaban J connectivity index is 1.17. The Bertz CT molecular complexity index is 1730. The Morgan fingerprint density at radius 3 is 2.19 bits per heavy atom. The molecule has 0 saturated carbocycles. The van der Waals surface area contributed by atoms with Gasteiger partial charge in [0.1, 0.15) is 5.70 Å². The molecule has 3 N–H and O–H groups in total. The molecular weight excluding hydrogens is 577 g/mol. The number of nitrogens with one attached hydrogen (secondary N) is 3. The van der Waals surface area contributed by atoms with E-state index in [-0.39, 0.29) is 23.3 Å². The highest BCUT2D eigenvalue weighted by Crippen LogP contribution is 2.26. The highest BCUT2D eigenvalue weighted by atomic mass is 32.2. The van der Waals surface area contributed by atoms with Gasteiger partial charge in [-0.05, 0) is 55.0 Å². The Morgan fingerprint density at radius 1 is 0.814 bits per heavy atom. The molecule has 0 aliphatic heterocycles. The van der Waals surface area contributed by atoms with Crippen LogP contribution in [0.1, 0.15) is 21.5 Å². The number of benzene rings is 4. The molecule has 0 atom stereocenters. The Hall–Kier alpha value is -4.99. The van der Waals surface area contributed by atoms with Crippen LogP contribution in [0.5, 0.6) is 0 Å². The number of hydrogen-bond acceptors (Lipinski definition) is 6. The average molecular weight is 605 g/mol. The van der Waals surface area contributed by atoms with Crippen molar-refractivity contribution in [1.82, 2.24) is 10.3 Å². The first kappa shape index (κ1) is 29.5. The molecule has 214 valence electrons. The molecule has 4 aromatic carbocycles. The number of nitrogens with zero attached hydrogens (tertiary/aromatic N) is 1. The second-order valence-corrected chi connectivity index (χ2v) is 11.4. The van der Waals surface area contributed by atoms with Gasteiger partial charge in [-0.15, -0.1) is 23.1 Å². The predicted octanol–water partition coefficient (Wildman–Crippen LogP) is 7.26. The van der Waals surface area contributed by atoms with E-state index in [1.807, 2.05) is 85.1 Å². The van der Waals surface area contributed by atoms with Crippen LogP contribution in [0.2, 0.25) is 0 Å². The first-order valence-corrected chi connectivity index (χ1v) is 15.3. The zero-order chi connectivity index (χ0) is 30.0. The third kappa shape index (κ3) is 8.51. The minimum Gasteiger partial charge on any atom is -0.321 e. The molecule has 7 nitrogen and oxygen atoms in total. The van der Waals surface area contributed by atoms with Crippen LogP contribution in [0.3, 0.4) is 0 Å². The number of anilines is 2. The SMILES string of the molecule is Cc1ccc(-c2csc(NC(=O)CSc3ccc(NC(=O)/C(=C/c4ccccc4)NC(=O)c4ccccc4)cc3)n2)cc1. The molecule has 0 bridgehead atoms. The van der Waals surface area contributed by atoms with Crippen LogP contribution < -0.4 is 16.0 Å². The van der Waals surface area contributed by atoms with Crippen molar-refractivity contribution in [3.05, 3.63) is 137 Å². The van der Waals surface area contributed by atoms with Crippen molar-refractivity contribution in [1.29, 1.82) is 0 Å². The molecule has 0 saturated heterocycles. The summed E-state index contributed by atoms with van der Waals surface area (Å²) in [6.45, 7) is 2.03. The van der Waals surface area contributed by atoms with E-state index in [4.69, 9.17) is 0 Å². The molecule has 5 aromatic rings. The van der Waals surface area contributed by atoms with Crippen molar-refractivity contribution in [3.8, 4) is 11.3 Å². The van der Waals surface area contributed by atoms with E-state index in [9.17, 15) is 14.4 Å². The van der Waals surface area contributed by atoms with E-state index >= 15 is 0 Å². The van der Waals surface area contributed by atoms with Crippen LogP contribution in [0.4, 0.5) is 10.8 Å². The first-order chi connectivity index (χ1) is 20.9. The molecule has 0 aliphatic rings. The summed E-state index contributed by atoms with van der Waals surface area (Å²) in [5.41, 5.74) is 4.89. The summed E-state index contributed by atoms with van der Waals surface area (Å²) in [5.74, 6) is -0.786. The highest BCUT2D eigenvalue weighted by Gasteiger charge is 2.15. The number of hydrogen-bond donors (Lipinski definition) is 3. The van der Waals surface area contributed by atoms with Gasteiger partial charge in [-0.3, -0.25) is 14.4 Å². The molecule has 0 radical (unpaired) electrons. The fraction of sp³-hybridized carbons (Fsp3) is 0.0588. The van der Waals surface area contributed by atoms with Crippen molar-refractivity contribution in [3.63, 3.8) is 0 Å². The second kappa shape index (κ2) is 14.3. The fourth-order valence-corrected chi connectivity index (χ4v) is 5.42. The number of aryl methyl sites for hydroxylation is 1. The molecule has 0 fully saturated rings. The Labute approximate surface area is 258 Å². The van der Waals surface area contributed by atoms with E-state index in [0.29, 0.717) is 16.4 Å². The van der Waals surface area contributed by atoms with Gasteiger partial charge >= 0.3 is 0 Å². The van der Waals surface area contributed by atoms with Gasteiger partial charge in [0, 0.05) is 27.1 Å². The molecule has 1 aromatic heterocycles. The normalized spacial score (nSPS) is 11.0. The number of aromatic nitrogens is 1. The number of carbonyl (C=O) groups is 3. The van der Waals surface area contributed by atoms with E-state index in [1.165, 1.54) is 28.7 Å². The molecular formula is C34H28N4O3S2. The van der Waals surface area contributed by atoms with Gasteiger partial charge in [-0.2, -0.15) is 0 Å². The van der Waals surface area contributed by atoms with Gasteiger partial charge in [0.25, 0.3) is 11.8 Å². The maximum Gasteiger partial charge on any atom is 0.272 e. The van der Waals surface area contributed by atoms with Crippen LogP contribution >= 0.6 is 23.1 Å². The molecule has 5 rings (SSSR count). The van der Waals surface area contributed by atoms with Crippen LogP contribution in [0.15, 0.2) is 125 Å². The monoisotopic (exact) mass is 604 g/mol. The lowest BCUT2D eigenvalue weighted by Gasteiger charge is -2.12. The van der Waals surface area contributed by atoms with Gasteiger partial charge in [0.05, 0.1) is 11.4 Å². The third-order valence-electron chi connectivity index (χ3n) is 6.22. The van der Waals surface area contributed by atoms with E-state index in [2.05, 4.69) is 20.9 Å². The van der Waals surface area contributed by atoms with Crippen molar-refractivity contribution in [2.75, 3.05) is 16.4 Å². The van der Waals surface area contributed by atoms with Crippen molar-refractivity contribution in [2.45, 2.75) is 11.8 Å². The van der Waals surface area contributed by atoms with Crippen LogP contribution in [-0.4, -0.2) is 28.5 Å². The predicted molar refractivity (Wildman–Crippen MR) is 175 cm³/mol. The number of thioether (sulfide) groups is 1. The van der Waals surface area contributed by atoms with Crippen molar-refractivity contribution >= 4 is 57.7 Å². The molecule has 0 spiro atoms. The van der Waals surface area contributed by atoms with Gasteiger partial charge in [-0.1, -0.05) is 78.4 Å². The van der Waals surface area contributed by atoms with Gasteiger partial charge < -0.3 is 16.0 Å².